The zero-order valence-electron chi connectivity index (χ0n) is 18.9. The molecule has 3 aliphatic rings. The van der Waals surface area contributed by atoms with Gasteiger partial charge in [-0.3, -0.25) is 9.59 Å². The van der Waals surface area contributed by atoms with Gasteiger partial charge in [-0.1, -0.05) is 24.3 Å². The molecule has 0 unspecified atom stereocenters. The minimum atomic E-state index is -0.984. The van der Waals surface area contributed by atoms with Crippen LogP contribution in [0.25, 0.3) is 0 Å². The van der Waals surface area contributed by atoms with Gasteiger partial charge in [0.15, 0.2) is 11.5 Å². The van der Waals surface area contributed by atoms with Gasteiger partial charge in [-0.15, -0.1) is 0 Å². The highest BCUT2D eigenvalue weighted by Crippen LogP contribution is 2.52. The Morgan fingerprint density at radius 3 is 2.31 bits per heavy atom. The molecule has 4 atom stereocenters. The molecule has 1 heterocycles. The summed E-state index contributed by atoms with van der Waals surface area (Å²) in [4.78, 5) is 36.8. The van der Waals surface area contributed by atoms with Gasteiger partial charge in [-0.25, -0.2) is 4.79 Å². The van der Waals surface area contributed by atoms with E-state index in [1.807, 2.05) is 6.92 Å². The Hall–Kier alpha value is -3.46. The summed E-state index contributed by atoms with van der Waals surface area (Å²) in [6.45, 7) is 2.48. The van der Waals surface area contributed by atoms with Crippen molar-refractivity contribution in [1.82, 2.24) is 5.01 Å². The van der Waals surface area contributed by atoms with Gasteiger partial charge < -0.3 is 14.6 Å². The first-order valence-corrected chi connectivity index (χ1v) is 12.2. The second kappa shape index (κ2) is 9.30. The Morgan fingerprint density at radius 2 is 1.71 bits per heavy atom. The summed E-state index contributed by atoms with van der Waals surface area (Å²) in [5.74, 6) is -0.798. The number of imide groups is 1. The standard InChI is InChI=1S/C26H23BrN2O6/c1-2-34-20-10-18(12-28-29-24(30)22-16-7-8-17(9-16)23(22)25(29)31)19(27)11-21(20)35-13-14-3-5-15(6-4-14)26(32)33/h3-8,10-12,16-17,22-23H,2,9,13H2,1H3,(H,32,33)/t16-,17-,22-,23+/m0/s1. The average Bonchev–Trinajstić information content (AvgIpc) is 3.53. The minimum Gasteiger partial charge on any atom is -0.490 e. The summed E-state index contributed by atoms with van der Waals surface area (Å²) in [5.41, 5.74) is 1.64. The predicted molar refractivity (Wildman–Crippen MR) is 130 cm³/mol. The molecule has 0 aromatic heterocycles. The number of fused-ring (bicyclic) bond motifs is 5. The second-order valence-corrected chi connectivity index (χ2v) is 9.63. The number of hydrazone groups is 1. The molecule has 1 aliphatic heterocycles. The van der Waals surface area contributed by atoms with E-state index in [1.165, 1.54) is 18.3 Å². The van der Waals surface area contributed by atoms with Gasteiger partial charge in [-0.05, 0) is 70.9 Å². The molecule has 2 aliphatic carbocycles. The minimum absolute atomic E-state index is 0.134. The van der Waals surface area contributed by atoms with Crippen molar-refractivity contribution in [2.24, 2.45) is 28.8 Å². The predicted octanol–water partition coefficient (Wildman–Crippen LogP) is 4.27. The van der Waals surface area contributed by atoms with Crippen LogP contribution < -0.4 is 9.47 Å². The molecule has 0 spiro atoms. The number of amides is 2. The highest BCUT2D eigenvalue weighted by atomic mass is 79.9. The molecule has 2 fully saturated rings. The number of rotatable bonds is 8. The summed E-state index contributed by atoms with van der Waals surface area (Å²) >= 11 is 3.51. The van der Waals surface area contributed by atoms with Gasteiger partial charge in [0.1, 0.15) is 6.61 Å². The molecule has 2 bridgehead atoms. The topological polar surface area (TPSA) is 106 Å². The molecule has 9 heteroatoms. The molecule has 2 aromatic carbocycles. The number of ether oxygens (including phenoxy) is 2. The summed E-state index contributed by atoms with van der Waals surface area (Å²) < 4.78 is 12.3. The van der Waals surface area contributed by atoms with Crippen LogP contribution in [0.1, 0.15) is 34.8 Å². The fraction of sp³-hybridized carbons (Fsp3) is 0.308. The van der Waals surface area contributed by atoms with Crippen LogP contribution in [0.3, 0.4) is 0 Å². The molecule has 2 amide bonds. The van der Waals surface area contributed by atoms with Crippen LogP contribution >= 0.6 is 15.9 Å². The van der Waals surface area contributed by atoms with Crippen LogP contribution in [-0.2, 0) is 16.2 Å². The van der Waals surface area contributed by atoms with E-state index in [-0.39, 0.29) is 47.7 Å². The van der Waals surface area contributed by atoms with E-state index in [1.54, 1.807) is 24.3 Å². The largest absolute Gasteiger partial charge is 0.490 e. The van der Waals surface area contributed by atoms with Crippen molar-refractivity contribution in [3.8, 4) is 11.5 Å². The van der Waals surface area contributed by atoms with E-state index in [0.717, 1.165) is 17.0 Å². The third-order valence-corrected chi connectivity index (χ3v) is 7.40. The molecule has 1 saturated heterocycles. The number of carbonyl (C=O) groups is 3. The maximum atomic E-state index is 12.9. The first-order valence-electron chi connectivity index (χ1n) is 11.4. The highest BCUT2D eigenvalue weighted by molar-refractivity contribution is 9.10. The summed E-state index contributed by atoms with van der Waals surface area (Å²) in [6, 6.07) is 9.91. The second-order valence-electron chi connectivity index (χ2n) is 8.78. The van der Waals surface area contributed by atoms with Crippen LogP contribution in [0.15, 0.2) is 58.1 Å². The van der Waals surface area contributed by atoms with Gasteiger partial charge >= 0.3 is 5.97 Å². The first-order chi connectivity index (χ1) is 16.9. The van der Waals surface area contributed by atoms with Crippen molar-refractivity contribution in [3.63, 3.8) is 0 Å². The Balaban J connectivity index is 1.32. The fourth-order valence-corrected chi connectivity index (χ4v) is 5.48. The SMILES string of the molecule is CCOc1cc(C=NN2C(=O)[C@@H]3[C@H](C2=O)[C@H]2C=C[C@H]3C2)c(Br)cc1OCc1ccc(C(=O)O)cc1. The summed E-state index contributed by atoms with van der Waals surface area (Å²) in [7, 11) is 0. The van der Waals surface area contributed by atoms with Crippen LogP contribution in [0, 0.1) is 23.7 Å². The van der Waals surface area contributed by atoms with Crippen molar-refractivity contribution in [2.45, 2.75) is 20.0 Å². The Bertz CT molecular complexity index is 1230. The monoisotopic (exact) mass is 538 g/mol. The van der Waals surface area contributed by atoms with E-state index in [4.69, 9.17) is 14.6 Å². The number of nitrogens with zero attached hydrogens (tertiary/aromatic N) is 2. The Kier molecular flexibility index (Phi) is 6.19. The van der Waals surface area contributed by atoms with Gasteiger partial charge in [0, 0.05) is 10.0 Å². The van der Waals surface area contributed by atoms with Crippen LogP contribution in [0.2, 0.25) is 0 Å². The quantitative estimate of drug-likeness (QED) is 0.305. The van der Waals surface area contributed by atoms with Crippen LogP contribution in [0.5, 0.6) is 11.5 Å². The maximum Gasteiger partial charge on any atom is 0.335 e. The molecular weight excluding hydrogens is 516 g/mol. The normalized spacial score (nSPS) is 24.5. The van der Waals surface area contributed by atoms with Gasteiger partial charge in [0.2, 0.25) is 0 Å². The maximum absolute atomic E-state index is 12.9. The summed E-state index contributed by atoms with van der Waals surface area (Å²) in [5, 5.41) is 14.3. The molecule has 8 nitrogen and oxygen atoms in total. The summed E-state index contributed by atoms with van der Waals surface area (Å²) in [6.07, 6.45) is 6.45. The lowest BCUT2D eigenvalue weighted by molar-refractivity contribution is -0.140. The number of hydrogen-bond acceptors (Lipinski definition) is 6. The number of hydrogen-bond donors (Lipinski definition) is 1. The molecule has 0 radical (unpaired) electrons. The van der Waals surface area contributed by atoms with E-state index in [2.05, 4.69) is 33.2 Å². The van der Waals surface area contributed by atoms with E-state index >= 15 is 0 Å². The van der Waals surface area contributed by atoms with Gasteiger partial charge in [0.25, 0.3) is 11.8 Å². The van der Waals surface area contributed by atoms with Crippen molar-refractivity contribution < 1.29 is 29.0 Å². The molecule has 180 valence electrons. The number of carboxylic acids is 1. The Morgan fingerprint density at radius 1 is 1.09 bits per heavy atom. The number of benzene rings is 2. The number of carbonyl (C=O) groups excluding carboxylic acids is 2. The van der Waals surface area contributed by atoms with Gasteiger partial charge in [-0.2, -0.15) is 10.1 Å². The Labute approximate surface area is 210 Å². The third-order valence-electron chi connectivity index (χ3n) is 6.72. The molecule has 1 saturated carbocycles. The fourth-order valence-electron chi connectivity index (χ4n) is 5.06. The van der Waals surface area contributed by atoms with Crippen LogP contribution in [0.4, 0.5) is 0 Å². The lowest BCUT2D eigenvalue weighted by Crippen LogP contribution is -2.28. The molecule has 1 N–H and O–H groups in total. The first kappa shape index (κ1) is 23.3. The zero-order valence-corrected chi connectivity index (χ0v) is 20.5. The lowest BCUT2D eigenvalue weighted by Gasteiger charge is -2.15. The number of aromatic carboxylic acids is 1. The molecule has 2 aromatic rings. The van der Waals surface area contributed by atoms with Crippen molar-refractivity contribution >= 4 is 39.9 Å². The third kappa shape index (κ3) is 4.25. The lowest BCUT2D eigenvalue weighted by atomic mass is 9.85. The number of carboxylic acid groups (broad SMARTS) is 1. The van der Waals surface area contributed by atoms with Crippen LogP contribution in [-0.4, -0.2) is 40.7 Å². The zero-order chi connectivity index (χ0) is 24.7. The van der Waals surface area contributed by atoms with Crippen molar-refractivity contribution in [2.75, 3.05) is 6.61 Å². The molecular formula is C26H23BrN2O6. The van der Waals surface area contributed by atoms with Crippen molar-refractivity contribution in [3.05, 3.63) is 69.7 Å². The van der Waals surface area contributed by atoms with E-state index < -0.39 is 5.97 Å². The van der Waals surface area contributed by atoms with Crippen molar-refractivity contribution in [1.29, 1.82) is 0 Å². The number of halogens is 1. The molecule has 5 rings (SSSR count). The number of allylic oxidation sites excluding steroid dienone is 2. The average molecular weight is 539 g/mol. The highest BCUT2D eigenvalue weighted by Gasteiger charge is 2.59. The van der Waals surface area contributed by atoms with Gasteiger partial charge in [0.05, 0.1) is 30.2 Å². The van der Waals surface area contributed by atoms with E-state index in [0.29, 0.717) is 28.1 Å². The van der Waals surface area contributed by atoms with E-state index in [9.17, 15) is 14.4 Å². The molecule has 35 heavy (non-hydrogen) atoms. The smallest absolute Gasteiger partial charge is 0.335 e.